The molecule has 3 N–H and O–H groups in total. The molecular formula is C8H6O8S. The highest BCUT2D eigenvalue weighted by molar-refractivity contribution is 7.81. The van der Waals surface area contributed by atoms with Gasteiger partial charge in [-0.25, -0.2) is 9.59 Å². The summed E-state index contributed by atoms with van der Waals surface area (Å²) in [5, 5.41) is 17.4. The lowest BCUT2D eigenvalue weighted by molar-refractivity contribution is 0.0694. The Morgan fingerprint density at radius 3 is 1.76 bits per heavy atom. The SMILES string of the molecule is O=C(O)c1cccc(C(=O)O)c1OS(=O)(=O)O. The molecule has 0 bridgehead atoms. The quantitative estimate of drug-likeness (QED) is 0.657. The Kier molecular flexibility index (Phi) is 3.34. The maximum Gasteiger partial charge on any atom is 0.446 e. The van der Waals surface area contributed by atoms with Gasteiger partial charge in [0.25, 0.3) is 0 Å². The topological polar surface area (TPSA) is 138 Å². The van der Waals surface area contributed by atoms with Gasteiger partial charge >= 0.3 is 22.3 Å². The van der Waals surface area contributed by atoms with E-state index in [-0.39, 0.29) is 0 Å². The first-order valence-corrected chi connectivity index (χ1v) is 5.35. The molecule has 17 heavy (non-hydrogen) atoms. The highest BCUT2D eigenvalue weighted by Crippen LogP contribution is 2.25. The third-order valence-corrected chi connectivity index (χ3v) is 2.04. The van der Waals surface area contributed by atoms with E-state index in [4.69, 9.17) is 14.8 Å². The van der Waals surface area contributed by atoms with Crippen molar-refractivity contribution in [3.8, 4) is 5.75 Å². The van der Waals surface area contributed by atoms with Crippen molar-refractivity contribution in [1.82, 2.24) is 0 Å². The third-order valence-electron chi connectivity index (χ3n) is 1.66. The van der Waals surface area contributed by atoms with Gasteiger partial charge in [-0.2, -0.15) is 8.42 Å². The lowest BCUT2D eigenvalue weighted by atomic mass is 10.1. The van der Waals surface area contributed by atoms with Crippen LogP contribution in [-0.2, 0) is 10.4 Å². The van der Waals surface area contributed by atoms with Crippen molar-refractivity contribution >= 4 is 22.3 Å². The first-order valence-electron chi connectivity index (χ1n) is 3.99. The molecule has 0 saturated carbocycles. The predicted molar refractivity (Wildman–Crippen MR) is 52.5 cm³/mol. The number of carboxylic acids is 2. The predicted octanol–water partition coefficient (Wildman–Crippen LogP) is 0.265. The molecule has 0 spiro atoms. The van der Waals surface area contributed by atoms with Gasteiger partial charge in [0.1, 0.15) is 11.1 Å². The third kappa shape index (κ3) is 3.16. The van der Waals surface area contributed by atoms with Crippen molar-refractivity contribution in [2.75, 3.05) is 0 Å². The highest BCUT2D eigenvalue weighted by atomic mass is 32.3. The summed E-state index contributed by atoms with van der Waals surface area (Å²) in [7, 11) is -5.02. The molecule has 0 aliphatic rings. The molecule has 8 nitrogen and oxygen atoms in total. The minimum atomic E-state index is -5.02. The van der Waals surface area contributed by atoms with Gasteiger partial charge in [0, 0.05) is 0 Å². The Bertz CT molecular complexity index is 541. The Morgan fingerprint density at radius 2 is 1.47 bits per heavy atom. The van der Waals surface area contributed by atoms with Crippen LogP contribution in [0.25, 0.3) is 0 Å². The van der Waals surface area contributed by atoms with Gasteiger partial charge in [0.15, 0.2) is 5.75 Å². The van der Waals surface area contributed by atoms with Crippen molar-refractivity contribution in [1.29, 1.82) is 0 Å². The molecule has 1 aromatic rings. The lowest BCUT2D eigenvalue weighted by Crippen LogP contribution is -2.14. The van der Waals surface area contributed by atoms with Gasteiger partial charge < -0.3 is 14.4 Å². The summed E-state index contributed by atoms with van der Waals surface area (Å²) in [4.78, 5) is 21.5. The Morgan fingerprint density at radius 1 is 1.06 bits per heavy atom. The Balaban J connectivity index is 3.49. The van der Waals surface area contributed by atoms with E-state index in [0.29, 0.717) is 0 Å². The van der Waals surface area contributed by atoms with Crippen LogP contribution in [0, 0.1) is 0 Å². The van der Waals surface area contributed by atoms with E-state index in [2.05, 4.69) is 4.18 Å². The smallest absolute Gasteiger partial charge is 0.446 e. The molecule has 9 heteroatoms. The maximum absolute atomic E-state index is 10.7. The summed E-state index contributed by atoms with van der Waals surface area (Å²) in [6.45, 7) is 0. The maximum atomic E-state index is 10.7. The average Bonchev–Trinajstić information content (AvgIpc) is 2.14. The number of hydrogen-bond donors (Lipinski definition) is 3. The van der Waals surface area contributed by atoms with Crippen molar-refractivity contribution in [3.63, 3.8) is 0 Å². The van der Waals surface area contributed by atoms with Crippen LogP contribution >= 0.6 is 0 Å². The van der Waals surface area contributed by atoms with Crippen LogP contribution in [0.15, 0.2) is 18.2 Å². The van der Waals surface area contributed by atoms with E-state index in [0.717, 1.165) is 18.2 Å². The number of rotatable bonds is 4. The van der Waals surface area contributed by atoms with E-state index < -0.39 is 39.2 Å². The lowest BCUT2D eigenvalue weighted by Gasteiger charge is -2.08. The van der Waals surface area contributed by atoms with Crippen molar-refractivity contribution in [3.05, 3.63) is 29.3 Å². The number of benzene rings is 1. The second-order valence-corrected chi connectivity index (χ2v) is 3.83. The van der Waals surface area contributed by atoms with Crippen molar-refractivity contribution in [2.24, 2.45) is 0 Å². The fourth-order valence-electron chi connectivity index (χ4n) is 1.07. The summed E-state index contributed by atoms with van der Waals surface area (Å²) >= 11 is 0. The zero-order valence-corrected chi connectivity index (χ0v) is 8.84. The first-order chi connectivity index (χ1) is 7.72. The summed E-state index contributed by atoms with van der Waals surface area (Å²) in [5.74, 6) is -4.13. The molecule has 0 aromatic heterocycles. The summed E-state index contributed by atoms with van der Waals surface area (Å²) < 4.78 is 33.4. The van der Waals surface area contributed by atoms with Crippen LogP contribution in [0.5, 0.6) is 5.75 Å². The van der Waals surface area contributed by atoms with Crippen LogP contribution in [0.1, 0.15) is 20.7 Å². The number of para-hydroxylation sites is 1. The van der Waals surface area contributed by atoms with E-state index in [9.17, 15) is 18.0 Å². The molecular weight excluding hydrogens is 256 g/mol. The Labute approximate surface area is 95.0 Å². The molecule has 0 radical (unpaired) electrons. The number of hydrogen-bond acceptors (Lipinski definition) is 5. The largest absolute Gasteiger partial charge is 0.478 e. The molecule has 0 fully saturated rings. The first kappa shape index (κ1) is 12.9. The molecule has 1 rings (SSSR count). The van der Waals surface area contributed by atoms with Crippen LogP contribution in [0.3, 0.4) is 0 Å². The number of aromatic carboxylic acids is 2. The van der Waals surface area contributed by atoms with Gasteiger partial charge in [-0.1, -0.05) is 6.07 Å². The molecule has 0 heterocycles. The van der Waals surface area contributed by atoms with Crippen LogP contribution in [-0.4, -0.2) is 35.1 Å². The molecule has 1 aromatic carbocycles. The fourth-order valence-corrected chi connectivity index (χ4v) is 1.46. The normalized spacial score (nSPS) is 10.9. The van der Waals surface area contributed by atoms with E-state index in [1.54, 1.807) is 0 Å². The molecule has 0 unspecified atom stereocenters. The second kappa shape index (κ2) is 4.39. The summed E-state index contributed by atoms with van der Waals surface area (Å²) in [6, 6.07) is 2.98. The van der Waals surface area contributed by atoms with Gasteiger partial charge in [-0.3, -0.25) is 4.55 Å². The van der Waals surface area contributed by atoms with E-state index in [1.807, 2.05) is 0 Å². The molecule has 0 aliphatic heterocycles. The minimum absolute atomic E-state index is 0.692. The zero-order valence-electron chi connectivity index (χ0n) is 8.02. The zero-order chi connectivity index (χ0) is 13.2. The monoisotopic (exact) mass is 262 g/mol. The number of carboxylic acid groups (broad SMARTS) is 2. The summed E-state index contributed by atoms with van der Waals surface area (Å²) in [6.07, 6.45) is 0. The molecule has 0 amide bonds. The summed E-state index contributed by atoms with van der Waals surface area (Å²) in [5.41, 5.74) is -1.38. The van der Waals surface area contributed by atoms with Crippen LogP contribution in [0.4, 0.5) is 0 Å². The second-order valence-electron chi connectivity index (χ2n) is 2.80. The molecule has 92 valence electrons. The average molecular weight is 262 g/mol. The Hall–Kier alpha value is -2.13. The molecule has 0 aliphatic carbocycles. The van der Waals surface area contributed by atoms with Gasteiger partial charge in [0.05, 0.1) is 0 Å². The van der Waals surface area contributed by atoms with Gasteiger partial charge in [-0.15, -0.1) is 0 Å². The minimum Gasteiger partial charge on any atom is -0.478 e. The fraction of sp³-hybridized carbons (Fsp3) is 0. The van der Waals surface area contributed by atoms with Crippen molar-refractivity contribution < 1.29 is 37.0 Å². The van der Waals surface area contributed by atoms with Crippen molar-refractivity contribution in [2.45, 2.75) is 0 Å². The molecule has 0 atom stereocenters. The molecule has 0 saturated heterocycles. The van der Waals surface area contributed by atoms with Crippen LogP contribution in [0.2, 0.25) is 0 Å². The van der Waals surface area contributed by atoms with Gasteiger partial charge in [-0.05, 0) is 12.1 Å². The van der Waals surface area contributed by atoms with Gasteiger partial charge in [0.2, 0.25) is 0 Å². The standard InChI is InChI=1S/C8H6O8S/c9-7(10)4-2-1-3-5(8(11)12)6(4)16-17(13,14)15/h1-3H,(H,9,10)(H,11,12)(H,13,14,15). The van der Waals surface area contributed by atoms with E-state index >= 15 is 0 Å². The highest BCUT2D eigenvalue weighted by Gasteiger charge is 2.23. The van der Waals surface area contributed by atoms with E-state index in [1.165, 1.54) is 0 Å². The van der Waals surface area contributed by atoms with Crippen LogP contribution < -0.4 is 4.18 Å². The number of carbonyl (C=O) groups is 2.